The van der Waals surface area contributed by atoms with Crippen molar-refractivity contribution in [2.75, 3.05) is 5.32 Å². The molecule has 0 fully saturated rings. The van der Waals surface area contributed by atoms with E-state index in [1.807, 2.05) is 39.0 Å². The summed E-state index contributed by atoms with van der Waals surface area (Å²) < 4.78 is 0. The molecule has 1 aromatic heterocycles. The molecular formula is C16H17NO3S. The number of rotatable bonds is 3. The SMILES string of the molecule is Cc1cccc(C)c1C(=O)Nc1sc(C)c(C)c1C(=O)O. The van der Waals surface area contributed by atoms with Crippen molar-refractivity contribution in [3.8, 4) is 0 Å². The van der Waals surface area contributed by atoms with Gasteiger partial charge >= 0.3 is 5.97 Å². The third kappa shape index (κ3) is 2.83. The Balaban J connectivity index is 2.41. The van der Waals surface area contributed by atoms with Gasteiger partial charge in [-0.2, -0.15) is 0 Å². The third-order valence-corrected chi connectivity index (χ3v) is 4.66. The van der Waals surface area contributed by atoms with Crippen LogP contribution in [-0.2, 0) is 0 Å². The molecule has 0 spiro atoms. The van der Waals surface area contributed by atoms with Gasteiger partial charge in [-0.25, -0.2) is 4.79 Å². The molecule has 5 heteroatoms. The maximum Gasteiger partial charge on any atom is 0.338 e. The zero-order chi connectivity index (χ0) is 15.7. The van der Waals surface area contributed by atoms with Gasteiger partial charge in [-0.1, -0.05) is 18.2 Å². The molecule has 0 saturated heterocycles. The monoisotopic (exact) mass is 303 g/mol. The van der Waals surface area contributed by atoms with Crippen molar-refractivity contribution in [3.63, 3.8) is 0 Å². The van der Waals surface area contributed by atoms with E-state index in [2.05, 4.69) is 5.32 Å². The molecule has 2 N–H and O–H groups in total. The molecular weight excluding hydrogens is 286 g/mol. The summed E-state index contributed by atoms with van der Waals surface area (Å²) in [5.41, 5.74) is 3.21. The first kappa shape index (κ1) is 15.3. The number of hydrogen-bond acceptors (Lipinski definition) is 3. The van der Waals surface area contributed by atoms with Crippen LogP contribution in [0.5, 0.6) is 0 Å². The number of aryl methyl sites for hydroxylation is 3. The molecule has 110 valence electrons. The molecule has 0 saturated carbocycles. The Morgan fingerprint density at radius 3 is 2.14 bits per heavy atom. The van der Waals surface area contributed by atoms with E-state index in [1.165, 1.54) is 11.3 Å². The second-order valence-electron chi connectivity index (χ2n) is 5.01. The third-order valence-electron chi connectivity index (χ3n) is 3.53. The van der Waals surface area contributed by atoms with Crippen molar-refractivity contribution in [2.45, 2.75) is 27.7 Å². The van der Waals surface area contributed by atoms with Crippen molar-refractivity contribution in [3.05, 3.63) is 50.9 Å². The first-order valence-electron chi connectivity index (χ1n) is 6.53. The smallest absolute Gasteiger partial charge is 0.338 e. The van der Waals surface area contributed by atoms with E-state index in [0.717, 1.165) is 16.0 Å². The predicted molar refractivity (Wildman–Crippen MR) is 84.6 cm³/mol. The minimum atomic E-state index is -1.02. The number of amides is 1. The van der Waals surface area contributed by atoms with Gasteiger partial charge in [-0.3, -0.25) is 4.79 Å². The van der Waals surface area contributed by atoms with Gasteiger partial charge in [0.05, 0.1) is 5.56 Å². The summed E-state index contributed by atoms with van der Waals surface area (Å²) in [6.07, 6.45) is 0. The minimum absolute atomic E-state index is 0.178. The fraction of sp³-hybridized carbons (Fsp3) is 0.250. The van der Waals surface area contributed by atoms with Gasteiger partial charge in [0.15, 0.2) is 0 Å². The summed E-state index contributed by atoms with van der Waals surface area (Å²) >= 11 is 1.29. The Hall–Kier alpha value is -2.14. The number of carbonyl (C=O) groups excluding carboxylic acids is 1. The highest BCUT2D eigenvalue weighted by Crippen LogP contribution is 2.33. The first-order chi connectivity index (χ1) is 9.82. The molecule has 4 nitrogen and oxygen atoms in total. The van der Waals surface area contributed by atoms with E-state index in [4.69, 9.17) is 0 Å². The normalized spacial score (nSPS) is 10.5. The van der Waals surface area contributed by atoms with Crippen molar-refractivity contribution in [1.82, 2.24) is 0 Å². The maximum absolute atomic E-state index is 12.5. The number of thiophene rings is 1. The second kappa shape index (κ2) is 5.69. The van der Waals surface area contributed by atoms with Crippen molar-refractivity contribution < 1.29 is 14.7 Å². The van der Waals surface area contributed by atoms with Crippen LogP contribution in [0.25, 0.3) is 0 Å². The Morgan fingerprint density at radius 2 is 1.62 bits per heavy atom. The number of aromatic carboxylic acids is 1. The van der Waals surface area contributed by atoms with Crippen LogP contribution in [0.4, 0.5) is 5.00 Å². The molecule has 0 bridgehead atoms. The van der Waals surface area contributed by atoms with Crippen LogP contribution in [0.2, 0.25) is 0 Å². The first-order valence-corrected chi connectivity index (χ1v) is 7.35. The Bertz CT molecular complexity index is 711. The van der Waals surface area contributed by atoms with Crippen molar-refractivity contribution in [2.24, 2.45) is 0 Å². The average molecular weight is 303 g/mol. The number of anilines is 1. The lowest BCUT2D eigenvalue weighted by atomic mass is 10.0. The Morgan fingerprint density at radius 1 is 1.05 bits per heavy atom. The summed E-state index contributed by atoms with van der Waals surface area (Å²) in [4.78, 5) is 24.7. The molecule has 0 unspecified atom stereocenters. The highest BCUT2D eigenvalue weighted by atomic mass is 32.1. The van der Waals surface area contributed by atoms with E-state index in [9.17, 15) is 14.7 Å². The molecule has 1 heterocycles. The van der Waals surface area contributed by atoms with Crippen molar-refractivity contribution >= 4 is 28.2 Å². The average Bonchev–Trinajstić information content (AvgIpc) is 2.64. The second-order valence-corrected chi connectivity index (χ2v) is 6.24. The highest BCUT2D eigenvalue weighted by Gasteiger charge is 2.21. The quantitative estimate of drug-likeness (QED) is 0.902. The van der Waals surface area contributed by atoms with E-state index >= 15 is 0 Å². The molecule has 0 aliphatic rings. The van der Waals surface area contributed by atoms with E-state index in [0.29, 0.717) is 16.1 Å². The van der Waals surface area contributed by atoms with Gasteiger partial charge < -0.3 is 10.4 Å². The van der Waals surface area contributed by atoms with E-state index in [-0.39, 0.29) is 11.5 Å². The lowest BCUT2D eigenvalue weighted by molar-refractivity contribution is 0.0697. The van der Waals surface area contributed by atoms with Gasteiger partial charge in [0.2, 0.25) is 0 Å². The number of carboxylic acids is 1. The number of carbonyl (C=O) groups is 2. The van der Waals surface area contributed by atoms with Gasteiger partial charge in [-0.05, 0) is 44.4 Å². The zero-order valence-electron chi connectivity index (χ0n) is 12.4. The van der Waals surface area contributed by atoms with Crippen LogP contribution in [0.1, 0.15) is 42.3 Å². The fourth-order valence-corrected chi connectivity index (χ4v) is 3.36. The molecule has 0 atom stereocenters. The molecule has 0 radical (unpaired) electrons. The lowest BCUT2D eigenvalue weighted by Gasteiger charge is -2.10. The molecule has 1 amide bonds. The van der Waals surface area contributed by atoms with E-state index < -0.39 is 5.97 Å². The maximum atomic E-state index is 12.5. The Labute approximate surface area is 127 Å². The van der Waals surface area contributed by atoms with Gasteiger partial charge in [-0.15, -0.1) is 11.3 Å². The number of hydrogen-bond donors (Lipinski definition) is 2. The van der Waals surface area contributed by atoms with Crippen LogP contribution in [0.15, 0.2) is 18.2 Å². The summed E-state index contributed by atoms with van der Waals surface area (Å²) in [6.45, 7) is 7.33. The number of nitrogens with one attached hydrogen (secondary N) is 1. The van der Waals surface area contributed by atoms with Gasteiger partial charge in [0.25, 0.3) is 5.91 Å². The summed E-state index contributed by atoms with van der Waals surface area (Å²) in [6, 6.07) is 5.62. The molecule has 2 rings (SSSR count). The standard InChI is InChI=1S/C16H17NO3S/c1-8-6-5-7-9(2)12(8)14(18)17-15-13(16(19)20)10(3)11(4)21-15/h5-7H,1-4H3,(H,17,18)(H,19,20). The van der Waals surface area contributed by atoms with Crippen LogP contribution in [0, 0.1) is 27.7 Å². The molecule has 2 aromatic rings. The zero-order valence-corrected chi connectivity index (χ0v) is 13.2. The summed E-state index contributed by atoms with van der Waals surface area (Å²) in [5.74, 6) is -1.29. The number of carboxylic acid groups (broad SMARTS) is 1. The molecule has 0 aliphatic heterocycles. The minimum Gasteiger partial charge on any atom is -0.478 e. The fourth-order valence-electron chi connectivity index (χ4n) is 2.31. The van der Waals surface area contributed by atoms with Gasteiger partial charge in [0.1, 0.15) is 5.00 Å². The number of benzene rings is 1. The van der Waals surface area contributed by atoms with E-state index in [1.54, 1.807) is 6.92 Å². The lowest BCUT2D eigenvalue weighted by Crippen LogP contribution is -2.16. The predicted octanol–water partition coefficient (Wildman–Crippen LogP) is 3.93. The highest BCUT2D eigenvalue weighted by molar-refractivity contribution is 7.16. The van der Waals surface area contributed by atoms with Crippen LogP contribution in [-0.4, -0.2) is 17.0 Å². The van der Waals surface area contributed by atoms with Gasteiger partial charge in [0, 0.05) is 10.4 Å². The largest absolute Gasteiger partial charge is 0.478 e. The topological polar surface area (TPSA) is 66.4 Å². The Kier molecular flexibility index (Phi) is 4.14. The summed E-state index contributed by atoms with van der Waals surface area (Å²) in [5, 5.41) is 12.5. The summed E-state index contributed by atoms with van der Waals surface area (Å²) in [7, 11) is 0. The molecule has 21 heavy (non-hydrogen) atoms. The molecule has 0 aliphatic carbocycles. The van der Waals surface area contributed by atoms with Crippen LogP contribution in [0.3, 0.4) is 0 Å². The van der Waals surface area contributed by atoms with Crippen LogP contribution < -0.4 is 5.32 Å². The molecule has 1 aromatic carbocycles. The van der Waals surface area contributed by atoms with Crippen LogP contribution >= 0.6 is 11.3 Å². The van der Waals surface area contributed by atoms with Crippen molar-refractivity contribution in [1.29, 1.82) is 0 Å².